The highest BCUT2D eigenvalue weighted by atomic mass is 79.9. The van der Waals surface area contributed by atoms with Crippen molar-refractivity contribution in [1.29, 1.82) is 0 Å². The van der Waals surface area contributed by atoms with Gasteiger partial charge in [0.2, 0.25) is 0 Å². The molecule has 3 nitrogen and oxygen atoms in total. The van der Waals surface area contributed by atoms with Crippen LogP contribution in [0.15, 0.2) is 22.7 Å². The Labute approximate surface area is 122 Å². The fourth-order valence-corrected chi connectivity index (χ4v) is 3.16. The average molecular weight is 352 g/mol. The lowest BCUT2D eigenvalue weighted by atomic mass is 10.0. The second kappa shape index (κ2) is 7.36. The summed E-state index contributed by atoms with van der Waals surface area (Å²) >= 11 is 3.41. The van der Waals surface area contributed by atoms with Gasteiger partial charge in [0.1, 0.15) is 15.7 Å². The maximum absolute atomic E-state index is 13.3. The summed E-state index contributed by atoms with van der Waals surface area (Å²) in [6, 6.07) is 4.51. The van der Waals surface area contributed by atoms with Crippen molar-refractivity contribution < 1.29 is 12.8 Å². The van der Waals surface area contributed by atoms with Crippen LogP contribution in [0.2, 0.25) is 0 Å². The SMILES string of the molecule is CCNC(CCCS(C)(=O)=O)c1cc(F)ccc1Br. The Morgan fingerprint density at radius 1 is 1.42 bits per heavy atom. The predicted octanol–water partition coefficient (Wildman–Crippen LogP) is 3.06. The van der Waals surface area contributed by atoms with Crippen LogP contribution in [0.3, 0.4) is 0 Å². The zero-order valence-corrected chi connectivity index (χ0v) is 13.5. The fraction of sp³-hybridized carbons (Fsp3) is 0.538. The summed E-state index contributed by atoms with van der Waals surface area (Å²) in [6.45, 7) is 2.71. The third-order valence-corrected chi connectivity index (χ3v) is 4.54. The van der Waals surface area contributed by atoms with Gasteiger partial charge in [-0.15, -0.1) is 0 Å². The number of hydrogen-bond donors (Lipinski definition) is 1. The lowest BCUT2D eigenvalue weighted by Gasteiger charge is -2.19. The van der Waals surface area contributed by atoms with Gasteiger partial charge in [0, 0.05) is 22.5 Å². The van der Waals surface area contributed by atoms with E-state index in [2.05, 4.69) is 21.2 Å². The Kier molecular flexibility index (Phi) is 6.42. The molecule has 0 amide bonds. The summed E-state index contributed by atoms with van der Waals surface area (Å²) in [6.07, 6.45) is 2.44. The van der Waals surface area contributed by atoms with Crippen LogP contribution in [-0.4, -0.2) is 27.0 Å². The Morgan fingerprint density at radius 3 is 2.68 bits per heavy atom. The first-order valence-corrected chi connectivity index (χ1v) is 9.05. The molecule has 0 heterocycles. The van der Waals surface area contributed by atoms with Crippen LogP contribution in [0.1, 0.15) is 31.4 Å². The van der Waals surface area contributed by atoms with E-state index in [-0.39, 0.29) is 17.6 Å². The Hall–Kier alpha value is -0.460. The van der Waals surface area contributed by atoms with Crippen LogP contribution >= 0.6 is 15.9 Å². The van der Waals surface area contributed by atoms with Gasteiger partial charge in [0.15, 0.2) is 0 Å². The van der Waals surface area contributed by atoms with Crippen molar-refractivity contribution in [3.63, 3.8) is 0 Å². The minimum absolute atomic E-state index is 0.0446. The average Bonchev–Trinajstić information content (AvgIpc) is 2.30. The van der Waals surface area contributed by atoms with Gasteiger partial charge in [0.25, 0.3) is 0 Å². The first-order valence-electron chi connectivity index (χ1n) is 6.19. The maximum atomic E-state index is 13.3. The van der Waals surface area contributed by atoms with Gasteiger partial charge in [-0.2, -0.15) is 0 Å². The smallest absolute Gasteiger partial charge is 0.147 e. The fourth-order valence-electron chi connectivity index (χ4n) is 1.95. The highest BCUT2D eigenvalue weighted by Crippen LogP contribution is 2.27. The van der Waals surface area contributed by atoms with Gasteiger partial charge < -0.3 is 5.32 Å². The quantitative estimate of drug-likeness (QED) is 0.820. The highest BCUT2D eigenvalue weighted by molar-refractivity contribution is 9.10. The lowest BCUT2D eigenvalue weighted by Crippen LogP contribution is -2.22. The van der Waals surface area contributed by atoms with E-state index >= 15 is 0 Å². The molecule has 0 radical (unpaired) electrons. The van der Waals surface area contributed by atoms with Crippen LogP contribution in [0, 0.1) is 5.82 Å². The summed E-state index contributed by atoms with van der Waals surface area (Å²) < 4.78 is 36.4. The second-order valence-electron chi connectivity index (χ2n) is 4.55. The number of sulfone groups is 1. The molecule has 0 saturated carbocycles. The summed E-state index contributed by atoms with van der Waals surface area (Å²) in [4.78, 5) is 0. The van der Waals surface area contributed by atoms with Crippen molar-refractivity contribution >= 4 is 25.8 Å². The molecule has 0 aromatic heterocycles. The first-order chi connectivity index (χ1) is 8.83. The minimum Gasteiger partial charge on any atom is -0.310 e. The Bertz CT molecular complexity index is 519. The third kappa shape index (κ3) is 6.01. The maximum Gasteiger partial charge on any atom is 0.147 e. The largest absolute Gasteiger partial charge is 0.310 e. The summed E-state index contributed by atoms with van der Waals surface area (Å²) in [5.41, 5.74) is 0.829. The van der Waals surface area contributed by atoms with E-state index in [4.69, 9.17) is 0 Å². The minimum atomic E-state index is -2.95. The zero-order chi connectivity index (χ0) is 14.5. The molecular weight excluding hydrogens is 333 g/mol. The summed E-state index contributed by atoms with van der Waals surface area (Å²) in [5, 5.41) is 3.26. The van der Waals surface area contributed by atoms with Crippen LogP contribution in [-0.2, 0) is 9.84 Å². The van der Waals surface area contributed by atoms with Crippen LogP contribution < -0.4 is 5.32 Å². The molecule has 0 spiro atoms. The molecule has 0 bridgehead atoms. The van der Waals surface area contributed by atoms with E-state index in [0.717, 1.165) is 16.6 Å². The lowest BCUT2D eigenvalue weighted by molar-refractivity contribution is 0.501. The normalized spacial score (nSPS) is 13.5. The molecule has 0 saturated heterocycles. The van der Waals surface area contributed by atoms with E-state index in [1.807, 2.05) is 6.92 Å². The molecule has 1 N–H and O–H groups in total. The van der Waals surface area contributed by atoms with E-state index < -0.39 is 9.84 Å². The van der Waals surface area contributed by atoms with Crippen molar-refractivity contribution in [2.24, 2.45) is 0 Å². The van der Waals surface area contributed by atoms with Crippen molar-refractivity contribution in [1.82, 2.24) is 5.32 Å². The Balaban J connectivity index is 2.79. The van der Waals surface area contributed by atoms with E-state index in [9.17, 15) is 12.8 Å². The summed E-state index contributed by atoms with van der Waals surface area (Å²) in [5.74, 6) is -0.133. The molecule has 1 atom stereocenters. The first kappa shape index (κ1) is 16.6. The number of hydrogen-bond acceptors (Lipinski definition) is 3. The zero-order valence-electron chi connectivity index (χ0n) is 11.1. The molecule has 1 rings (SSSR count). The molecule has 1 aromatic carbocycles. The summed E-state index contributed by atoms with van der Waals surface area (Å²) in [7, 11) is -2.95. The third-order valence-electron chi connectivity index (χ3n) is 2.79. The van der Waals surface area contributed by atoms with Gasteiger partial charge >= 0.3 is 0 Å². The molecule has 0 aliphatic heterocycles. The number of halogens is 2. The van der Waals surface area contributed by atoms with Crippen molar-refractivity contribution in [2.75, 3.05) is 18.6 Å². The van der Waals surface area contributed by atoms with Crippen LogP contribution in [0.4, 0.5) is 4.39 Å². The van der Waals surface area contributed by atoms with Crippen molar-refractivity contribution in [3.8, 4) is 0 Å². The van der Waals surface area contributed by atoms with Crippen molar-refractivity contribution in [2.45, 2.75) is 25.8 Å². The van der Waals surface area contributed by atoms with E-state index in [0.29, 0.717) is 12.8 Å². The van der Waals surface area contributed by atoms with E-state index in [1.54, 1.807) is 6.07 Å². The number of rotatable bonds is 7. The van der Waals surface area contributed by atoms with Gasteiger partial charge in [-0.05, 0) is 43.1 Å². The topological polar surface area (TPSA) is 46.2 Å². The molecule has 1 aromatic rings. The molecule has 19 heavy (non-hydrogen) atoms. The molecule has 1 unspecified atom stereocenters. The van der Waals surface area contributed by atoms with Gasteiger partial charge in [-0.3, -0.25) is 0 Å². The van der Waals surface area contributed by atoms with Crippen LogP contribution in [0.5, 0.6) is 0 Å². The Morgan fingerprint density at radius 2 is 2.11 bits per heavy atom. The number of benzene rings is 1. The van der Waals surface area contributed by atoms with Crippen LogP contribution in [0.25, 0.3) is 0 Å². The standard InChI is InChI=1S/C13H19BrFNO2S/c1-3-16-13(5-4-8-19(2,17)18)11-9-10(15)6-7-12(11)14/h6-7,9,13,16H,3-5,8H2,1-2H3. The predicted molar refractivity (Wildman–Crippen MR) is 79.5 cm³/mol. The molecular formula is C13H19BrFNO2S. The molecule has 0 aliphatic carbocycles. The molecule has 0 aliphatic rings. The highest BCUT2D eigenvalue weighted by Gasteiger charge is 2.15. The molecule has 0 fully saturated rings. The van der Waals surface area contributed by atoms with E-state index in [1.165, 1.54) is 18.4 Å². The molecule has 6 heteroatoms. The monoisotopic (exact) mass is 351 g/mol. The van der Waals surface area contributed by atoms with Gasteiger partial charge in [0.05, 0.1) is 0 Å². The molecule has 108 valence electrons. The van der Waals surface area contributed by atoms with Gasteiger partial charge in [-0.25, -0.2) is 12.8 Å². The number of nitrogens with one attached hydrogen (secondary N) is 1. The van der Waals surface area contributed by atoms with Gasteiger partial charge in [-0.1, -0.05) is 22.9 Å². The van der Waals surface area contributed by atoms with Crippen molar-refractivity contribution in [3.05, 3.63) is 34.1 Å². The second-order valence-corrected chi connectivity index (χ2v) is 7.66.